The van der Waals surface area contributed by atoms with Gasteiger partial charge in [-0.25, -0.2) is 4.79 Å². The molecule has 2 aromatic rings. The van der Waals surface area contributed by atoms with Crippen LogP contribution in [0.3, 0.4) is 0 Å². The van der Waals surface area contributed by atoms with Crippen molar-refractivity contribution in [1.29, 1.82) is 0 Å². The summed E-state index contributed by atoms with van der Waals surface area (Å²) in [4.78, 5) is 22.6. The van der Waals surface area contributed by atoms with E-state index in [1.165, 1.54) is 11.3 Å². The van der Waals surface area contributed by atoms with Crippen LogP contribution in [0.25, 0.3) is 10.4 Å². The SMILES string of the molecule is Cl.NC[C@H](CC(=O)O)c1ccc(Cl)c(-c2cc(C(=O)O)cs2)c1. The third-order valence-electron chi connectivity index (χ3n) is 3.28. The summed E-state index contributed by atoms with van der Waals surface area (Å²) in [5.74, 6) is -2.23. The number of thiophene rings is 1. The number of carboxylic acid groups (broad SMARTS) is 2. The molecule has 1 heterocycles. The number of nitrogens with two attached hydrogens (primary N) is 1. The van der Waals surface area contributed by atoms with E-state index in [1.54, 1.807) is 29.6 Å². The number of aliphatic carboxylic acids is 1. The lowest BCUT2D eigenvalue weighted by atomic mass is 9.94. The summed E-state index contributed by atoms with van der Waals surface area (Å²) in [6.07, 6.45) is -0.0671. The Hall–Kier alpha value is -1.60. The fraction of sp³-hybridized carbons (Fsp3) is 0.200. The van der Waals surface area contributed by atoms with Crippen molar-refractivity contribution in [3.8, 4) is 10.4 Å². The smallest absolute Gasteiger partial charge is 0.336 e. The maximum Gasteiger partial charge on any atom is 0.336 e. The molecule has 8 heteroatoms. The minimum Gasteiger partial charge on any atom is -0.481 e. The molecule has 4 N–H and O–H groups in total. The Balaban J connectivity index is 0.00000264. The molecule has 0 unspecified atom stereocenters. The standard InChI is InChI=1S/C15H14ClNO4S.ClH/c16-12-2-1-8(9(6-17)5-14(18)19)3-11(12)13-4-10(7-22-13)15(20)21;/h1-4,7,9H,5-6,17H2,(H,18,19)(H,20,21);1H/t9-;/m0./s1. The first kappa shape index (κ1) is 19.4. The molecule has 1 aromatic carbocycles. The maximum atomic E-state index is 11.0. The topological polar surface area (TPSA) is 101 Å². The van der Waals surface area contributed by atoms with E-state index in [0.29, 0.717) is 10.6 Å². The molecule has 5 nitrogen and oxygen atoms in total. The van der Waals surface area contributed by atoms with Crippen LogP contribution in [-0.4, -0.2) is 28.7 Å². The van der Waals surface area contributed by atoms with Gasteiger partial charge >= 0.3 is 11.9 Å². The maximum absolute atomic E-state index is 11.0. The molecule has 0 aliphatic carbocycles. The van der Waals surface area contributed by atoms with Crippen LogP contribution in [0.5, 0.6) is 0 Å². The monoisotopic (exact) mass is 375 g/mol. The van der Waals surface area contributed by atoms with Gasteiger partial charge in [0.1, 0.15) is 0 Å². The second kappa shape index (κ2) is 8.31. The number of halogens is 2. The molecule has 0 spiro atoms. The van der Waals surface area contributed by atoms with Crippen LogP contribution in [0.15, 0.2) is 29.6 Å². The summed E-state index contributed by atoms with van der Waals surface area (Å²) < 4.78 is 0. The molecule has 23 heavy (non-hydrogen) atoms. The summed E-state index contributed by atoms with van der Waals surface area (Å²) in [5, 5.41) is 19.9. The van der Waals surface area contributed by atoms with Crippen molar-refractivity contribution in [3.63, 3.8) is 0 Å². The van der Waals surface area contributed by atoms with Crippen LogP contribution in [-0.2, 0) is 4.79 Å². The molecule has 0 saturated heterocycles. The fourth-order valence-corrected chi connectivity index (χ4v) is 3.31. The molecule has 0 aliphatic heterocycles. The zero-order valence-electron chi connectivity index (χ0n) is 11.9. The second-order valence-electron chi connectivity index (χ2n) is 4.77. The molecular formula is C15H15Cl2NO4S. The summed E-state index contributed by atoms with van der Waals surface area (Å²) in [5.41, 5.74) is 7.30. The van der Waals surface area contributed by atoms with Gasteiger partial charge in [0.25, 0.3) is 0 Å². The van der Waals surface area contributed by atoms with Gasteiger partial charge in [-0.15, -0.1) is 23.7 Å². The van der Waals surface area contributed by atoms with E-state index in [4.69, 9.17) is 27.5 Å². The summed E-state index contributed by atoms with van der Waals surface area (Å²) in [6.45, 7) is 0.207. The molecule has 0 bridgehead atoms. The summed E-state index contributed by atoms with van der Waals surface area (Å²) >= 11 is 7.46. The Bertz CT molecular complexity index is 717. The number of aromatic carboxylic acids is 1. The number of rotatable bonds is 6. The van der Waals surface area contributed by atoms with Crippen molar-refractivity contribution in [1.82, 2.24) is 0 Å². The van der Waals surface area contributed by atoms with Gasteiger partial charge in [0.15, 0.2) is 0 Å². The third kappa shape index (κ3) is 4.68. The average molecular weight is 376 g/mol. The van der Waals surface area contributed by atoms with Crippen LogP contribution in [0.2, 0.25) is 5.02 Å². The van der Waals surface area contributed by atoms with Gasteiger partial charge in [0.05, 0.1) is 12.0 Å². The van der Waals surface area contributed by atoms with E-state index in [2.05, 4.69) is 0 Å². The van der Waals surface area contributed by atoms with Crippen LogP contribution in [0.4, 0.5) is 0 Å². The first-order valence-electron chi connectivity index (χ1n) is 6.46. The minimum atomic E-state index is -1.000. The lowest BCUT2D eigenvalue weighted by Gasteiger charge is -2.14. The van der Waals surface area contributed by atoms with Gasteiger partial charge in [-0.2, -0.15) is 0 Å². The molecule has 1 atom stereocenters. The van der Waals surface area contributed by atoms with Crippen molar-refractivity contribution in [3.05, 3.63) is 45.8 Å². The van der Waals surface area contributed by atoms with Crippen LogP contribution in [0, 0.1) is 0 Å². The molecule has 1 aromatic heterocycles. The van der Waals surface area contributed by atoms with E-state index >= 15 is 0 Å². The van der Waals surface area contributed by atoms with E-state index in [-0.39, 0.29) is 36.9 Å². The largest absolute Gasteiger partial charge is 0.481 e. The second-order valence-corrected chi connectivity index (χ2v) is 6.09. The molecule has 0 amide bonds. The van der Waals surface area contributed by atoms with Gasteiger partial charge in [-0.3, -0.25) is 4.79 Å². The van der Waals surface area contributed by atoms with Crippen molar-refractivity contribution < 1.29 is 19.8 Å². The van der Waals surface area contributed by atoms with Gasteiger partial charge < -0.3 is 15.9 Å². The first-order chi connectivity index (χ1) is 10.4. The van der Waals surface area contributed by atoms with Gasteiger partial charge in [0, 0.05) is 26.8 Å². The predicted molar refractivity (Wildman–Crippen MR) is 93.0 cm³/mol. The molecule has 124 valence electrons. The van der Waals surface area contributed by atoms with Gasteiger partial charge in [0.2, 0.25) is 0 Å². The van der Waals surface area contributed by atoms with Crippen molar-refractivity contribution >= 4 is 47.3 Å². The zero-order valence-corrected chi connectivity index (χ0v) is 14.2. The zero-order chi connectivity index (χ0) is 16.3. The normalized spacial score (nSPS) is 11.6. The van der Waals surface area contributed by atoms with E-state index in [9.17, 15) is 9.59 Å². The molecule has 0 saturated carbocycles. The van der Waals surface area contributed by atoms with Crippen LogP contribution < -0.4 is 5.73 Å². The summed E-state index contributed by atoms with van der Waals surface area (Å²) in [6, 6.07) is 6.75. The van der Waals surface area contributed by atoms with Crippen molar-refractivity contribution in [2.45, 2.75) is 12.3 Å². The number of hydrogen-bond acceptors (Lipinski definition) is 4. The minimum absolute atomic E-state index is 0. The quantitative estimate of drug-likeness (QED) is 0.714. The van der Waals surface area contributed by atoms with Crippen molar-refractivity contribution in [2.24, 2.45) is 5.73 Å². The highest BCUT2D eigenvalue weighted by Crippen LogP contribution is 2.35. The Labute approximate surface area is 148 Å². The van der Waals surface area contributed by atoms with Gasteiger partial charge in [-0.1, -0.05) is 17.7 Å². The van der Waals surface area contributed by atoms with Crippen molar-refractivity contribution in [2.75, 3.05) is 6.54 Å². The Morgan fingerprint density at radius 1 is 1.26 bits per heavy atom. The lowest BCUT2D eigenvalue weighted by Crippen LogP contribution is -2.16. The molecule has 0 fully saturated rings. The van der Waals surface area contributed by atoms with E-state index in [1.807, 2.05) is 0 Å². The highest BCUT2D eigenvalue weighted by Gasteiger charge is 2.17. The molecule has 0 radical (unpaired) electrons. The molecular weight excluding hydrogens is 361 g/mol. The highest BCUT2D eigenvalue weighted by molar-refractivity contribution is 7.14. The number of carboxylic acids is 2. The Morgan fingerprint density at radius 2 is 1.96 bits per heavy atom. The predicted octanol–water partition coefficient (Wildman–Crippen LogP) is 3.71. The third-order valence-corrected chi connectivity index (χ3v) is 4.57. The number of benzene rings is 1. The summed E-state index contributed by atoms with van der Waals surface area (Å²) in [7, 11) is 0. The van der Waals surface area contributed by atoms with E-state index < -0.39 is 11.9 Å². The van der Waals surface area contributed by atoms with Crippen LogP contribution in [0.1, 0.15) is 28.3 Å². The van der Waals surface area contributed by atoms with Crippen LogP contribution >= 0.6 is 35.3 Å². The fourth-order valence-electron chi connectivity index (χ4n) is 2.12. The number of hydrogen-bond donors (Lipinski definition) is 3. The van der Waals surface area contributed by atoms with E-state index in [0.717, 1.165) is 10.4 Å². The van der Waals surface area contributed by atoms with Gasteiger partial charge in [-0.05, 0) is 30.3 Å². The molecule has 2 rings (SSSR count). The first-order valence-corrected chi connectivity index (χ1v) is 7.71. The lowest BCUT2D eigenvalue weighted by molar-refractivity contribution is -0.137. The number of carbonyl (C=O) groups is 2. The highest BCUT2D eigenvalue weighted by atomic mass is 35.5. The molecule has 0 aliphatic rings. The Morgan fingerprint density at radius 3 is 2.48 bits per heavy atom. The Kier molecular flexibility index (Phi) is 7.02. The average Bonchev–Trinajstić information content (AvgIpc) is 2.95.